The molecule has 0 saturated heterocycles. The lowest BCUT2D eigenvalue weighted by atomic mass is 10.1. The summed E-state index contributed by atoms with van der Waals surface area (Å²) >= 11 is 1.42. The molecule has 152 valence electrons. The highest BCUT2D eigenvalue weighted by molar-refractivity contribution is 7.99. The van der Waals surface area contributed by atoms with Gasteiger partial charge in [0.15, 0.2) is 5.16 Å². The first-order valence-electron chi connectivity index (χ1n) is 10.1. The van der Waals surface area contributed by atoms with E-state index in [1.54, 1.807) is 0 Å². The summed E-state index contributed by atoms with van der Waals surface area (Å²) in [6.45, 7) is 10.8. The number of aryl methyl sites for hydroxylation is 3. The maximum absolute atomic E-state index is 12.4. The van der Waals surface area contributed by atoms with Crippen LogP contribution in [0.4, 0.5) is 5.69 Å². The average Bonchev–Trinajstić information content (AvgIpc) is 3.04. The monoisotopic (exact) mass is 400 g/mol. The molecule has 6 heteroatoms. The molecule has 1 heterocycles. The minimum atomic E-state index is -0.0359. The smallest absolute Gasteiger partial charge is 0.234 e. The van der Waals surface area contributed by atoms with E-state index in [-0.39, 0.29) is 5.91 Å². The van der Waals surface area contributed by atoms with E-state index in [1.807, 2.05) is 32.1 Å². The number of aromatic nitrogens is 3. The highest BCUT2D eigenvalue weighted by atomic mass is 32.2. The third-order valence-corrected chi connectivity index (χ3v) is 5.56. The normalized spacial score (nSPS) is 10.8. The number of nitrogens with one attached hydrogen (secondary N) is 1. The molecule has 0 saturated carbocycles. The molecule has 0 radical (unpaired) electrons. The Hall–Kier alpha value is -2.08. The van der Waals surface area contributed by atoms with Gasteiger partial charge in [-0.15, -0.1) is 16.8 Å². The van der Waals surface area contributed by atoms with Crippen LogP contribution >= 0.6 is 11.8 Å². The third-order valence-electron chi connectivity index (χ3n) is 4.60. The van der Waals surface area contributed by atoms with Gasteiger partial charge in [0.1, 0.15) is 5.82 Å². The molecule has 0 aliphatic carbocycles. The van der Waals surface area contributed by atoms with E-state index in [0.29, 0.717) is 12.3 Å². The van der Waals surface area contributed by atoms with Crippen LogP contribution in [0.3, 0.4) is 0 Å². The van der Waals surface area contributed by atoms with Crippen LogP contribution in [0.2, 0.25) is 0 Å². The Labute approximate surface area is 173 Å². The van der Waals surface area contributed by atoms with Crippen molar-refractivity contribution in [2.24, 2.45) is 0 Å². The molecule has 1 aromatic heterocycles. The first-order chi connectivity index (χ1) is 13.5. The second kappa shape index (κ2) is 11.7. The van der Waals surface area contributed by atoms with Crippen molar-refractivity contribution in [3.8, 4) is 0 Å². The van der Waals surface area contributed by atoms with Crippen LogP contribution < -0.4 is 5.32 Å². The summed E-state index contributed by atoms with van der Waals surface area (Å²) in [6, 6.07) is 6.02. The zero-order valence-corrected chi connectivity index (χ0v) is 18.1. The van der Waals surface area contributed by atoms with E-state index in [0.717, 1.165) is 35.1 Å². The highest BCUT2D eigenvalue weighted by Gasteiger charge is 2.14. The molecule has 0 aliphatic rings. The van der Waals surface area contributed by atoms with Crippen molar-refractivity contribution in [3.63, 3.8) is 0 Å². The molecule has 2 aromatic rings. The lowest BCUT2D eigenvalue weighted by molar-refractivity contribution is -0.113. The molecule has 0 aliphatic heterocycles. The first-order valence-corrected chi connectivity index (χ1v) is 11.1. The van der Waals surface area contributed by atoms with Crippen LogP contribution in [0.1, 0.15) is 56.0 Å². The van der Waals surface area contributed by atoms with E-state index in [9.17, 15) is 4.79 Å². The van der Waals surface area contributed by atoms with E-state index in [2.05, 4.69) is 39.7 Å². The maximum atomic E-state index is 12.4. The Balaban J connectivity index is 1.91. The minimum Gasteiger partial charge on any atom is -0.325 e. The molecule has 0 spiro atoms. The van der Waals surface area contributed by atoms with Gasteiger partial charge >= 0.3 is 0 Å². The minimum absolute atomic E-state index is 0.0359. The standard InChI is InChI=1S/C22H32N4OS/c1-5-7-8-9-10-11-20-24-25-22(26(20)14-6-2)28-16-21(27)23-19-13-12-17(3)15-18(19)4/h6,12-13,15H,2,5,7-11,14,16H2,1,3-4H3,(H,23,27). The molecular formula is C22H32N4OS. The van der Waals surface area contributed by atoms with Crippen molar-refractivity contribution in [1.82, 2.24) is 14.8 Å². The number of hydrogen-bond acceptors (Lipinski definition) is 4. The molecule has 1 N–H and O–H groups in total. The fourth-order valence-corrected chi connectivity index (χ4v) is 3.85. The van der Waals surface area contributed by atoms with Gasteiger partial charge in [-0.05, 0) is 31.9 Å². The second-order valence-electron chi connectivity index (χ2n) is 7.12. The number of unbranched alkanes of at least 4 members (excludes halogenated alkanes) is 4. The number of carbonyl (C=O) groups is 1. The van der Waals surface area contributed by atoms with Crippen LogP contribution in [0.5, 0.6) is 0 Å². The average molecular weight is 401 g/mol. The zero-order chi connectivity index (χ0) is 20.4. The molecule has 0 bridgehead atoms. The number of allylic oxidation sites excluding steroid dienone is 1. The lowest BCUT2D eigenvalue weighted by Crippen LogP contribution is -2.15. The largest absolute Gasteiger partial charge is 0.325 e. The van der Waals surface area contributed by atoms with E-state index >= 15 is 0 Å². The zero-order valence-electron chi connectivity index (χ0n) is 17.3. The van der Waals surface area contributed by atoms with Crippen LogP contribution in [0.25, 0.3) is 0 Å². The van der Waals surface area contributed by atoms with Crippen molar-refractivity contribution in [2.45, 2.75) is 71.0 Å². The van der Waals surface area contributed by atoms with Gasteiger partial charge in [0.05, 0.1) is 5.75 Å². The number of benzene rings is 1. The van der Waals surface area contributed by atoms with Gasteiger partial charge in [-0.3, -0.25) is 4.79 Å². The van der Waals surface area contributed by atoms with Crippen molar-refractivity contribution in [1.29, 1.82) is 0 Å². The number of hydrogen-bond donors (Lipinski definition) is 1. The van der Waals surface area contributed by atoms with E-state index in [1.165, 1.54) is 43.0 Å². The quantitative estimate of drug-likeness (QED) is 0.297. The number of rotatable bonds is 12. The van der Waals surface area contributed by atoms with E-state index < -0.39 is 0 Å². The summed E-state index contributed by atoms with van der Waals surface area (Å²) in [5.74, 6) is 1.25. The van der Waals surface area contributed by atoms with Crippen LogP contribution in [-0.4, -0.2) is 26.4 Å². The van der Waals surface area contributed by atoms with Crippen molar-refractivity contribution >= 4 is 23.4 Å². The molecule has 28 heavy (non-hydrogen) atoms. The Bertz CT molecular complexity index is 785. The van der Waals surface area contributed by atoms with Gasteiger partial charge in [0.2, 0.25) is 5.91 Å². The molecule has 5 nitrogen and oxygen atoms in total. The summed E-state index contributed by atoms with van der Waals surface area (Å²) in [5.41, 5.74) is 3.11. The van der Waals surface area contributed by atoms with E-state index in [4.69, 9.17) is 0 Å². The molecule has 1 amide bonds. The summed E-state index contributed by atoms with van der Waals surface area (Å²) in [6.07, 6.45) is 8.91. The van der Waals surface area contributed by atoms with Gasteiger partial charge in [0, 0.05) is 18.7 Å². The molecule has 1 aromatic carbocycles. The predicted octanol–water partition coefficient (Wildman–Crippen LogP) is 5.32. The topological polar surface area (TPSA) is 59.8 Å². The number of thioether (sulfide) groups is 1. The molecule has 0 unspecified atom stereocenters. The summed E-state index contributed by atoms with van der Waals surface area (Å²) in [5, 5.41) is 12.4. The molecule has 2 rings (SSSR count). The van der Waals surface area contributed by atoms with Crippen molar-refractivity contribution in [3.05, 3.63) is 47.8 Å². The number of carbonyl (C=O) groups excluding carboxylic acids is 1. The maximum Gasteiger partial charge on any atom is 0.234 e. The lowest BCUT2D eigenvalue weighted by Gasteiger charge is -2.10. The second-order valence-corrected chi connectivity index (χ2v) is 8.06. The highest BCUT2D eigenvalue weighted by Crippen LogP contribution is 2.20. The van der Waals surface area contributed by atoms with Crippen LogP contribution in [0.15, 0.2) is 36.0 Å². The molecule has 0 atom stereocenters. The van der Waals surface area contributed by atoms with Crippen molar-refractivity contribution < 1.29 is 4.79 Å². The first kappa shape index (κ1) is 22.2. The Morgan fingerprint density at radius 3 is 2.71 bits per heavy atom. The SMILES string of the molecule is C=CCn1c(CCCCCCC)nnc1SCC(=O)Nc1ccc(C)cc1C. The van der Waals surface area contributed by atoms with Crippen LogP contribution in [0, 0.1) is 13.8 Å². The van der Waals surface area contributed by atoms with Gasteiger partial charge in [-0.1, -0.05) is 68.1 Å². The van der Waals surface area contributed by atoms with Crippen LogP contribution in [-0.2, 0) is 17.8 Å². The molecule has 0 fully saturated rings. The Kier molecular flexibility index (Phi) is 9.28. The third kappa shape index (κ3) is 6.82. The Morgan fingerprint density at radius 2 is 2.00 bits per heavy atom. The predicted molar refractivity (Wildman–Crippen MR) is 118 cm³/mol. The summed E-state index contributed by atoms with van der Waals surface area (Å²) < 4.78 is 2.07. The summed E-state index contributed by atoms with van der Waals surface area (Å²) in [7, 11) is 0. The van der Waals surface area contributed by atoms with Gasteiger partial charge in [0.25, 0.3) is 0 Å². The Morgan fingerprint density at radius 1 is 1.21 bits per heavy atom. The van der Waals surface area contributed by atoms with Crippen molar-refractivity contribution in [2.75, 3.05) is 11.1 Å². The number of anilines is 1. The fourth-order valence-electron chi connectivity index (χ4n) is 3.08. The summed E-state index contributed by atoms with van der Waals surface area (Å²) in [4.78, 5) is 12.4. The fraction of sp³-hybridized carbons (Fsp3) is 0.500. The number of nitrogens with zero attached hydrogens (tertiary/aromatic N) is 3. The van der Waals surface area contributed by atoms with Gasteiger partial charge in [-0.25, -0.2) is 0 Å². The van der Waals surface area contributed by atoms with Gasteiger partial charge < -0.3 is 9.88 Å². The molecular weight excluding hydrogens is 368 g/mol. The number of amides is 1. The van der Waals surface area contributed by atoms with Gasteiger partial charge in [-0.2, -0.15) is 0 Å².